The largest absolute Gasteiger partial charge is 0.348 e. The lowest BCUT2D eigenvalue weighted by atomic mass is 9.89. The van der Waals surface area contributed by atoms with E-state index in [4.69, 9.17) is 0 Å². The van der Waals surface area contributed by atoms with Crippen molar-refractivity contribution in [1.29, 1.82) is 0 Å². The third kappa shape index (κ3) is 2.46. The predicted octanol–water partition coefficient (Wildman–Crippen LogP) is 2.93. The van der Waals surface area contributed by atoms with Crippen LogP contribution in [0.4, 0.5) is 0 Å². The summed E-state index contributed by atoms with van der Waals surface area (Å²) in [6, 6.07) is 10.1. The number of carbonyl (C=O) groups is 1. The zero-order valence-corrected chi connectivity index (χ0v) is 12.8. The van der Waals surface area contributed by atoms with Crippen molar-refractivity contribution in [1.82, 2.24) is 14.9 Å². The molecule has 110 valence electrons. The molecule has 1 N–H and O–H groups in total. The van der Waals surface area contributed by atoms with Crippen LogP contribution in [-0.4, -0.2) is 27.3 Å². The molecule has 0 radical (unpaired) electrons. The van der Waals surface area contributed by atoms with Crippen molar-refractivity contribution < 1.29 is 4.79 Å². The highest BCUT2D eigenvalue weighted by Crippen LogP contribution is 2.35. The van der Waals surface area contributed by atoms with Crippen LogP contribution in [0.25, 0.3) is 0 Å². The Hall–Kier alpha value is -2.10. The normalized spacial score (nSPS) is 18.4. The van der Waals surface area contributed by atoms with Crippen LogP contribution in [0.3, 0.4) is 0 Å². The van der Waals surface area contributed by atoms with Gasteiger partial charge in [-0.15, -0.1) is 0 Å². The zero-order valence-electron chi connectivity index (χ0n) is 12.8. The van der Waals surface area contributed by atoms with E-state index in [2.05, 4.69) is 22.1 Å². The van der Waals surface area contributed by atoms with Crippen molar-refractivity contribution in [2.24, 2.45) is 5.41 Å². The Morgan fingerprint density at radius 3 is 2.67 bits per heavy atom. The summed E-state index contributed by atoms with van der Waals surface area (Å²) in [5.74, 6) is 0.171. The Labute approximate surface area is 125 Å². The Bertz CT molecular complexity index is 640. The van der Waals surface area contributed by atoms with Crippen molar-refractivity contribution in [2.75, 3.05) is 6.54 Å². The molecule has 0 spiro atoms. The number of imidazole rings is 1. The number of hydrogen-bond donors (Lipinski definition) is 1. The van der Waals surface area contributed by atoms with Crippen LogP contribution in [0.5, 0.6) is 0 Å². The highest BCUT2D eigenvalue weighted by Gasteiger charge is 2.37. The van der Waals surface area contributed by atoms with E-state index in [0.717, 1.165) is 29.9 Å². The smallest absolute Gasteiger partial charge is 0.228 e. The van der Waals surface area contributed by atoms with Crippen LogP contribution >= 0.6 is 0 Å². The van der Waals surface area contributed by atoms with Gasteiger partial charge in [0.2, 0.25) is 5.91 Å². The third-order valence-electron chi connectivity index (χ3n) is 3.94. The van der Waals surface area contributed by atoms with Crippen molar-refractivity contribution in [2.45, 2.75) is 33.2 Å². The van der Waals surface area contributed by atoms with Gasteiger partial charge in [-0.2, -0.15) is 0 Å². The second kappa shape index (κ2) is 5.02. The van der Waals surface area contributed by atoms with E-state index in [-0.39, 0.29) is 17.4 Å². The third-order valence-corrected chi connectivity index (χ3v) is 3.94. The number of carbonyl (C=O) groups excluding carboxylic acids is 1. The number of H-pyrrole nitrogens is 1. The van der Waals surface area contributed by atoms with E-state index in [1.165, 1.54) is 0 Å². The number of aromatic nitrogens is 2. The number of nitrogens with one attached hydrogen (secondary N) is 1. The van der Waals surface area contributed by atoms with Gasteiger partial charge in [0.1, 0.15) is 6.04 Å². The van der Waals surface area contributed by atoms with Gasteiger partial charge in [0.25, 0.3) is 0 Å². The summed E-state index contributed by atoms with van der Waals surface area (Å²) < 4.78 is 0. The van der Waals surface area contributed by atoms with Crippen molar-refractivity contribution in [3.8, 4) is 0 Å². The Kier molecular flexibility index (Phi) is 3.32. The number of rotatable bonds is 1. The fourth-order valence-electron chi connectivity index (χ4n) is 2.90. The molecule has 2 heterocycles. The summed E-state index contributed by atoms with van der Waals surface area (Å²) in [4.78, 5) is 22.5. The number of hydrogen-bond acceptors (Lipinski definition) is 2. The first-order valence-corrected chi connectivity index (χ1v) is 7.36. The van der Waals surface area contributed by atoms with Gasteiger partial charge in [0, 0.05) is 24.1 Å². The van der Waals surface area contributed by atoms with Crippen LogP contribution < -0.4 is 0 Å². The molecule has 4 nitrogen and oxygen atoms in total. The minimum Gasteiger partial charge on any atom is -0.348 e. The first-order chi connectivity index (χ1) is 9.98. The second-order valence-electron chi connectivity index (χ2n) is 6.58. The molecule has 1 unspecified atom stereocenters. The van der Waals surface area contributed by atoms with Gasteiger partial charge in [-0.1, -0.05) is 51.1 Å². The number of amides is 1. The topological polar surface area (TPSA) is 49.0 Å². The monoisotopic (exact) mass is 283 g/mol. The second-order valence-corrected chi connectivity index (χ2v) is 6.58. The van der Waals surface area contributed by atoms with E-state index in [0.29, 0.717) is 0 Å². The molecule has 1 aromatic heterocycles. The quantitative estimate of drug-likeness (QED) is 0.874. The van der Waals surface area contributed by atoms with Gasteiger partial charge in [-0.05, 0) is 5.56 Å². The van der Waals surface area contributed by atoms with Crippen molar-refractivity contribution in [3.05, 3.63) is 53.6 Å². The molecule has 21 heavy (non-hydrogen) atoms. The number of benzene rings is 1. The molecule has 0 bridgehead atoms. The van der Waals surface area contributed by atoms with Gasteiger partial charge >= 0.3 is 0 Å². The summed E-state index contributed by atoms with van der Waals surface area (Å²) in [7, 11) is 0. The molecule has 3 rings (SSSR count). The molecule has 1 atom stereocenters. The Morgan fingerprint density at radius 2 is 2.00 bits per heavy atom. The van der Waals surface area contributed by atoms with E-state index in [9.17, 15) is 4.79 Å². The molecule has 1 aromatic carbocycles. The predicted molar refractivity (Wildman–Crippen MR) is 81.7 cm³/mol. The first kappa shape index (κ1) is 13.9. The summed E-state index contributed by atoms with van der Waals surface area (Å²) in [5.41, 5.74) is 2.84. The fourth-order valence-corrected chi connectivity index (χ4v) is 2.90. The lowest BCUT2D eigenvalue weighted by Crippen LogP contribution is -2.45. The molecular formula is C17H21N3O. The molecule has 0 saturated carbocycles. The summed E-state index contributed by atoms with van der Waals surface area (Å²) >= 11 is 0. The van der Waals surface area contributed by atoms with Crippen LogP contribution in [-0.2, 0) is 11.2 Å². The molecule has 0 fully saturated rings. The molecule has 0 aliphatic carbocycles. The minimum absolute atomic E-state index is 0.0899. The van der Waals surface area contributed by atoms with E-state index < -0.39 is 0 Å². The van der Waals surface area contributed by atoms with Gasteiger partial charge < -0.3 is 9.88 Å². The lowest BCUT2D eigenvalue weighted by Gasteiger charge is -2.38. The zero-order chi connectivity index (χ0) is 15.0. The SMILES string of the molecule is CC(C)(C)C(=O)N1CCc2[nH]cnc2C1c1ccccc1. The van der Waals surface area contributed by atoms with Gasteiger partial charge in [-0.25, -0.2) is 4.98 Å². The highest BCUT2D eigenvalue weighted by atomic mass is 16.2. The Balaban J connectivity index is 2.07. The van der Waals surface area contributed by atoms with Crippen LogP contribution in [0.1, 0.15) is 43.8 Å². The highest BCUT2D eigenvalue weighted by molar-refractivity contribution is 5.82. The molecule has 1 amide bonds. The maximum atomic E-state index is 12.8. The number of aromatic amines is 1. The van der Waals surface area contributed by atoms with Crippen LogP contribution in [0.2, 0.25) is 0 Å². The standard InChI is InChI=1S/C17H21N3O/c1-17(2,3)16(21)20-10-9-13-14(19-11-18-13)15(20)12-7-5-4-6-8-12/h4-8,11,15H,9-10H2,1-3H3,(H,18,19). The fraction of sp³-hybridized carbons (Fsp3) is 0.412. The molecule has 1 aliphatic rings. The van der Waals surface area contributed by atoms with Crippen LogP contribution in [0.15, 0.2) is 36.7 Å². The molecule has 2 aromatic rings. The number of fused-ring (bicyclic) bond motifs is 1. The average Bonchev–Trinajstić information content (AvgIpc) is 2.93. The van der Waals surface area contributed by atoms with E-state index in [1.807, 2.05) is 43.9 Å². The van der Waals surface area contributed by atoms with E-state index in [1.54, 1.807) is 6.33 Å². The molecule has 0 saturated heterocycles. The maximum Gasteiger partial charge on any atom is 0.228 e. The minimum atomic E-state index is -0.388. The first-order valence-electron chi connectivity index (χ1n) is 7.36. The number of nitrogens with zero attached hydrogens (tertiary/aromatic N) is 2. The van der Waals surface area contributed by atoms with E-state index >= 15 is 0 Å². The van der Waals surface area contributed by atoms with Crippen molar-refractivity contribution >= 4 is 5.91 Å². The average molecular weight is 283 g/mol. The molecule has 1 aliphatic heterocycles. The maximum absolute atomic E-state index is 12.8. The van der Waals surface area contributed by atoms with Gasteiger partial charge in [0.05, 0.1) is 12.0 Å². The summed E-state index contributed by atoms with van der Waals surface area (Å²) in [6.45, 7) is 6.64. The Morgan fingerprint density at radius 1 is 1.29 bits per heavy atom. The summed E-state index contributed by atoms with van der Waals surface area (Å²) in [5, 5.41) is 0. The van der Waals surface area contributed by atoms with Gasteiger partial charge in [0.15, 0.2) is 0 Å². The summed E-state index contributed by atoms with van der Waals surface area (Å²) in [6.07, 6.45) is 2.56. The van der Waals surface area contributed by atoms with Crippen LogP contribution in [0, 0.1) is 5.41 Å². The lowest BCUT2D eigenvalue weighted by molar-refractivity contribution is -0.141. The molecule has 4 heteroatoms. The van der Waals surface area contributed by atoms with Gasteiger partial charge in [-0.3, -0.25) is 4.79 Å². The van der Waals surface area contributed by atoms with Crippen molar-refractivity contribution in [3.63, 3.8) is 0 Å². The molecular weight excluding hydrogens is 262 g/mol.